The third-order valence-electron chi connectivity index (χ3n) is 2.10. The molecular weight excluding hydrogens is 252 g/mol. The van der Waals surface area contributed by atoms with Crippen LogP contribution in [0.2, 0.25) is 0 Å². The van der Waals surface area contributed by atoms with Gasteiger partial charge >= 0.3 is 0 Å². The SMILES string of the molecule is CC.CC.COCc1ccc(OC(C)C)c(COC)c1. The molecule has 0 unspecified atom stereocenters. The molecule has 0 aromatic heterocycles. The smallest absolute Gasteiger partial charge is 0.125 e. The van der Waals surface area contributed by atoms with E-state index in [2.05, 4.69) is 6.07 Å². The van der Waals surface area contributed by atoms with Gasteiger partial charge < -0.3 is 14.2 Å². The van der Waals surface area contributed by atoms with E-state index in [1.54, 1.807) is 14.2 Å². The number of methoxy groups -OCH3 is 2. The lowest BCUT2D eigenvalue weighted by molar-refractivity contribution is 0.172. The van der Waals surface area contributed by atoms with Crippen molar-refractivity contribution in [3.63, 3.8) is 0 Å². The molecule has 0 aliphatic rings. The zero-order valence-corrected chi connectivity index (χ0v) is 14.4. The fraction of sp³-hybridized carbons (Fsp3) is 0.647. The van der Waals surface area contributed by atoms with Crippen molar-refractivity contribution in [3.8, 4) is 5.75 Å². The van der Waals surface area contributed by atoms with Gasteiger partial charge in [-0.05, 0) is 31.5 Å². The van der Waals surface area contributed by atoms with E-state index >= 15 is 0 Å². The van der Waals surface area contributed by atoms with Crippen molar-refractivity contribution in [2.75, 3.05) is 14.2 Å². The highest BCUT2D eigenvalue weighted by Crippen LogP contribution is 2.22. The van der Waals surface area contributed by atoms with Crippen molar-refractivity contribution in [2.45, 2.75) is 60.9 Å². The third-order valence-corrected chi connectivity index (χ3v) is 2.10. The maximum atomic E-state index is 5.71. The molecule has 0 atom stereocenters. The van der Waals surface area contributed by atoms with Crippen molar-refractivity contribution in [3.05, 3.63) is 29.3 Å². The minimum Gasteiger partial charge on any atom is -0.491 e. The molecule has 1 rings (SSSR count). The summed E-state index contributed by atoms with van der Waals surface area (Å²) in [7, 11) is 3.37. The molecule has 118 valence electrons. The van der Waals surface area contributed by atoms with E-state index in [1.165, 1.54) is 0 Å². The predicted molar refractivity (Wildman–Crippen MR) is 86.3 cm³/mol. The fourth-order valence-electron chi connectivity index (χ4n) is 1.53. The van der Waals surface area contributed by atoms with Crippen molar-refractivity contribution in [1.29, 1.82) is 0 Å². The Labute approximate surface area is 125 Å². The molecule has 0 amide bonds. The average Bonchev–Trinajstić information content (AvgIpc) is 2.46. The van der Waals surface area contributed by atoms with E-state index < -0.39 is 0 Å². The van der Waals surface area contributed by atoms with Gasteiger partial charge in [-0.2, -0.15) is 0 Å². The summed E-state index contributed by atoms with van der Waals surface area (Å²) in [4.78, 5) is 0. The summed E-state index contributed by atoms with van der Waals surface area (Å²) in [6, 6.07) is 6.05. The molecule has 0 heterocycles. The number of ether oxygens (including phenoxy) is 3. The lowest BCUT2D eigenvalue weighted by Crippen LogP contribution is -2.08. The Morgan fingerprint density at radius 3 is 1.90 bits per heavy atom. The summed E-state index contributed by atoms with van der Waals surface area (Å²) in [5.74, 6) is 0.886. The lowest BCUT2D eigenvalue weighted by Gasteiger charge is -2.15. The number of hydrogen-bond donors (Lipinski definition) is 0. The van der Waals surface area contributed by atoms with Gasteiger partial charge in [0.2, 0.25) is 0 Å². The van der Waals surface area contributed by atoms with E-state index in [-0.39, 0.29) is 6.10 Å². The molecule has 0 fully saturated rings. The predicted octanol–water partition coefficient (Wildman–Crippen LogP) is 4.82. The van der Waals surface area contributed by atoms with Crippen LogP contribution in [0.15, 0.2) is 18.2 Å². The molecule has 3 heteroatoms. The zero-order valence-electron chi connectivity index (χ0n) is 14.4. The van der Waals surface area contributed by atoms with Crippen LogP contribution in [-0.4, -0.2) is 20.3 Å². The fourth-order valence-corrected chi connectivity index (χ4v) is 1.53. The zero-order chi connectivity index (χ0) is 16.0. The van der Waals surface area contributed by atoms with Crippen LogP contribution in [0.1, 0.15) is 52.7 Å². The van der Waals surface area contributed by atoms with Crippen molar-refractivity contribution in [1.82, 2.24) is 0 Å². The van der Waals surface area contributed by atoms with Gasteiger partial charge in [0, 0.05) is 19.8 Å². The van der Waals surface area contributed by atoms with Crippen LogP contribution in [0.5, 0.6) is 5.75 Å². The van der Waals surface area contributed by atoms with Gasteiger partial charge in [0.05, 0.1) is 19.3 Å². The summed E-state index contributed by atoms with van der Waals surface area (Å²) in [5, 5.41) is 0. The summed E-state index contributed by atoms with van der Waals surface area (Å²) in [5.41, 5.74) is 2.19. The lowest BCUT2D eigenvalue weighted by atomic mass is 10.1. The van der Waals surface area contributed by atoms with Crippen LogP contribution in [-0.2, 0) is 22.7 Å². The molecule has 0 radical (unpaired) electrons. The average molecular weight is 284 g/mol. The van der Waals surface area contributed by atoms with Gasteiger partial charge in [0.1, 0.15) is 5.75 Å². The first-order chi connectivity index (χ1) is 9.67. The minimum absolute atomic E-state index is 0.170. The van der Waals surface area contributed by atoms with Crippen LogP contribution in [0.4, 0.5) is 0 Å². The Hall–Kier alpha value is -1.06. The Kier molecular flexibility index (Phi) is 15.2. The molecule has 0 saturated carbocycles. The monoisotopic (exact) mass is 284 g/mol. The van der Waals surface area contributed by atoms with Gasteiger partial charge in [-0.3, -0.25) is 0 Å². The van der Waals surface area contributed by atoms with Gasteiger partial charge in [-0.25, -0.2) is 0 Å². The number of hydrogen-bond acceptors (Lipinski definition) is 3. The van der Waals surface area contributed by atoms with E-state index in [4.69, 9.17) is 14.2 Å². The van der Waals surface area contributed by atoms with Crippen molar-refractivity contribution in [2.24, 2.45) is 0 Å². The van der Waals surface area contributed by atoms with E-state index in [0.29, 0.717) is 13.2 Å². The molecule has 0 N–H and O–H groups in total. The molecule has 0 saturated heterocycles. The Morgan fingerprint density at radius 2 is 1.45 bits per heavy atom. The second-order valence-corrected chi connectivity index (χ2v) is 3.97. The Morgan fingerprint density at radius 1 is 0.900 bits per heavy atom. The van der Waals surface area contributed by atoms with Crippen LogP contribution in [0, 0.1) is 0 Å². The first-order valence-corrected chi connectivity index (χ1v) is 7.43. The molecule has 20 heavy (non-hydrogen) atoms. The highest BCUT2D eigenvalue weighted by atomic mass is 16.5. The summed E-state index contributed by atoms with van der Waals surface area (Å²) < 4.78 is 16.0. The normalized spacial score (nSPS) is 9.25. The standard InChI is InChI=1S/C13H20O3.2C2H6/c1-10(2)16-13-6-5-11(8-14-3)7-12(13)9-15-4;2*1-2/h5-7,10H,8-9H2,1-4H3;2*1-2H3. The van der Waals surface area contributed by atoms with Crippen molar-refractivity contribution < 1.29 is 14.2 Å². The van der Waals surface area contributed by atoms with E-state index in [1.807, 2.05) is 53.7 Å². The number of benzene rings is 1. The molecule has 1 aromatic rings. The maximum Gasteiger partial charge on any atom is 0.125 e. The molecule has 0 aliphatic heterocycles. The minimum atomic E-state index is 0.170. The summed E-state index contributed by atoms with van der Waals surface area (Å²) in [6.45, 7) is 13.2. The van der Waals surface area contributed by atoms with Gasteiger partial charge in [0.25, 0.3) is 0 Å². The van der Waals surface area contributed by atoms with Crippen LogP contribution >= 0.6 is 0 Å². The third kappa shape index (κ3) is 8.94. The van der Waals surface area contributed by atoms with E-state index in [0.717, 1.165) is 16.9 Å². The topological polar surface area (TPSA) is 27.7 Å². The Balaban J connectivity index is 0. The van der Waals surface area contributed by atoms with Gasteiger partial charge in [-0.1, -0.05) is 33.8 Å². The molecule has 0 spiro atoms. The highest BCUT2D eigenvalue weighted by molar-refractivity contribution is 5.37. The first-order valence-electron chi connectivity index (χ1n) is 7.43. The van der Waals surface area contributed by atoms with Gasteiger partial charge in [-0.15, -0.1) is 0 Å². The highest BCUT2D eigenvalue weighted by Gasteiger charge is 2.06. The molecular formula is C17H32O3. The largest absolute Gasteiger partial charge is 0.491 e. The van der Waals surface area contributed by atoms with Gasteiger partial charge in [0.15, 0.2) is 0 Å². The molecule has 3 nitrogen and oxygen atoms in total. The molecule has 1 aromatic carbocycles. The molecule has 0 bridgehead atoms. The summed E-state index contributed by atoms with van der Waals surface area (Å²) >= 11 is 0. The summed E-state index contributed by atoms with van der Waals surface area (Å²) in [6.07, 6.45) is 0.170. The Bertz CT molecular complexity index is 322. The first kappa shape index (κ1) is 21.2. The second-order valence-electron chi connectivity index (χ2n) is 3.97. The maximum absolute atomic E-state index is 5.71. The number of rotatable bonds is 6. The quantitative estimate of drug-likeness (QED) is 0.749. The van der Waals surface area contributed by atoms with Crippen LogP contribution in [0.25, 0.3) is 0 Å². The van der Waals surface area contributed by atoms with Crippen LogP contribution < -0.4 is 4.74 Å². The second kappa shape index (κ2) is 14.4. The molecule has 0 aliphatic carbocycles. The van der Waals surface area contributed by atoms with Crippen molar-refractivity contribution >= 4 is 0 Å². The van der Waals surface area contributed by atoms with E-state index in [9.17, 15) is 0 Å². The van der Waals surface area contributed by atoms with Crippen LogP contribution in [0.3, 0.4) is 0 Å².